The van der Waals surface area contributed by atoms with E-state index in [1.54, 1.807) is 30.3 Å². The van der Waals surface area contributed by atoms with Crippen LogP contribution in [0, 0.1) is 0 Å². The largest absolute Gasteiger partial charge is 0.474 e. The normalized spacial score (nSPS) is 12.8. The number of phosphoric acid groups is 1. The van der Waals surface area contributed by atoms with Crippen molar-refractivity contribution in [2.75, 3.05) is 14.2 Å². The Kier molecular flexibility index (Phi) is 4.21. The third-order valence-corrected chi connectivity index (χ3v) is 2.38. The minimum Gasteiger partial charge on any atom is -0.327 e. The van der Waals surface area contributed by atoms with E-state index in [2.05, 4.69) is 4.52 Å². The molecule has 0 aliphatic rings. The third kappa shape index (κ3) is 3.12. The van der Waals surface area contributed by atoms with Gasteiger partial charge in [0.2, 0.25) is 0 Å². The van der Waals surface area contributed by atoms with Gasteiger partial charge in [-0.15, -0.1) is 0 Å². The Labute approximate surface area is 93.0 Å². The minimum atomic E-state index is -4.74. The maximum absolute atomic E-state index is 10.9. The second kappa shape index (κ2) is 5.05. The number of phosphoric ester groups is 1. The van der Waals surface area contributed by atoms with Gasteiger partial charge in [-0.3, -0.25) is 0 Å². The lowest BCUT2D eigenvalue weighted by Crippen LogP contribution is -2.33. The number of benzene rings is 1. The molecule has 0 saturated carbocycles. The maximum atomic E-state index is 10.9. The molecule has 0 radical (unpaired) electrons. The Balaban J connectivity index is 3.11. The number of methoxy groups -OCH3 is 2. The lowest BCUT2D eigenvalue weighted by Gasteiger charge is -2.30. The zero-order valence-corrected chi connectivity index (χ0v) is 9.76. The van der Waals surface area contributed by atoms with E-state index < -0.39 is 13.8 Å². The second-order valence-corrected chi connectivity index (χ2v) is 4.08. The van der Waals surface area contributed by atoms with Crippen LogP contribution in [0.2, 0.25) is 0 Å². The average Bonchev–Trinajstić information content (AvgIpc) is 2.26. The van der Waals surface area contributed by atoms with Crippen molar-refractivity contribution < 1.29 is 28.3 Å². The van der Waals surface area contributed by atoms with E-state index in [-0.39, 0.29) is 0 Å². The molecule has 0 aliphatic carbocycles. The van der Waals surface area contributed by atoms with Gasteiger partial charge in [-0.1, -0.05) is 30.3 Å². The molecule has 0 bridgehead atoms. The van der Waals surface area contributed by atoms with Crippen molar-refractivity contribution in [1.82, 2.24) is 0 Å². The van der Waals surface area contributed by atoms with Crippen LogP contribution in [-0.2, 0) is 24.5 Å². The number of hydrogen-bond acceptors (Lipinski definition) is 4. The van der Waals surface area contributed by atoms with Gasteiger partial charge in [0, 0.05) is 19.8 Å². The summed E-state index contributed by atoms with van der Waals surface area (Å²) >= 11 is 0. The Bertz CT molecular complexity index is 369. The highest BCUT2D eigenvalue weighted by atomic mass is 31.2. The summed E-state index contributed by atoms with van der Waals surface area (Å²) in [6.07, 6.45) is 0. The van der Waals surface area contributed by atoms with Crippen LogP contribution in [0.3, 0.4) is 0 Å². The first kappa shape index (κ1) is 13.3. The van der Waals surface area contributed by atoms with E-state index >= 15 is 0 Å². The zero-order chi connectivity index (χ0) is 12.2. The third-order valence-electron chi connectivity index (χ3n) is 1.90. The van der Waals surface area contributed by atoms with E-state index in [1.807, 2.05) is 0 Å². The molecule has 1 aromatic carbocycles. The van der Waals surface area contributed by atoms with Crippen LogP contribution in [-0.4, -0.2) is 24.0 Å². The predicted molar refractivity (Wildman–Crippen MR) is 55.3 cm³/mol. The monoisotopic (exact) mass is 248 g/mol. The molecule has 0 saturated heterocycles. The van der Waals surface area contributed by atoms with Crippen molar-refractivity contribution in [3.63, 3.8) is 0 Å². The average molecular weight is 248 g/mol. The van der Waals surface area contributed by atoms with Gasteiger partial charge in [0.05, 0.1) is 0 Å². The van der Waals surface area contributed by atoms with Gasteiger partial charge in [0.1, 0.15) is 0 Å². The molecular formula is C9H13O6P. The molecule has 2 N–H and O–H groups in total. The minimum absolute atomic E-state index is 0.350. The van der Waals surface area contributed by atoms with Gasteiger partial charge < -0.3 is 19.3 Å². The molecule has 7 heteroatoms. The van der Waals surface area contributed by atoms with Crippen LogP contribution in [0.25, 0.3) is 0 Å². The smallest absolute Gasteiger partial charge is 0.327 e. The molecule has 0 heterocycles. The van der Waals surface area contributed by atoms with Crippen LogP contribution in [0.1, 0.15) is 5.56 Å². The number of hydrogen-bond donors (Lipinski definition) is 2. The molecule has 0 aliphatic heterocycles. The summed E-state index contributed by atoms with van der Waals surface area (Å²) in [6, 6.07) is 8.23. The molecule has 6 nitrogen and oxygen atoms in total. The van der Waals surface area contributed by atoms with E-state index in [1.165, 1.54) is 14.2 Å². The maximum Gasteiger partial charge on any atom is 0.474 e. The van der Waals surface area contributed by atoms with Crippen LogP contribution < -0.4 is 0 Å². The van der Waals surface area contributed by atoms with Gasteiger partial charge in [-0.2, -0.15) is 0 Å². The molecule has 16 heavy (non-hydrogen) atoms. The molecule has 0 spiro atoms. The van der Waals surface area contributed by atoms with Gasteiger partial charge in [-0.05, 0) is 0 Å². The van der Waals surface area contributed by atoms with Gasteiger partial charge in [-0.25, -0.2) is 9.09 Å². The quantitative estimate of drug-likeness (QED) is 0.601. The number of rotatable bonds is 5. The summed E-state index contributed by atoms with van der Waals surface area (Å²) < 4.78 is 25.2. The lowest BCUT2D eigenvalue weighted by molar-refractivity contribution is -0.339. The molecule has 0 atom stereocenters. The molecule has 0 amide bonds. The fourth-order valence-corrected chi connectivity index (χ4v) is 1.81. The van der Waals surface area contributed by atoms with Crippen molar-refractivity contribution in [2.24, 2.45) is 0 Å². The highest BCUT2D eigenvalue weighted by Gasteiger charge is 2.40. The Morgan fingerprint density at radius 3 is 2.00 bits per heavy atom. The second-order valence-electron chi connectivity index (χ2n) is 2.91. The first-order valence-electron chi connectivity index (χ1n) is 4.35. The van der Waals surface area contributed by atoms with E-state index in [0.29, 0.717) is 5.56 Å². The molecule has 0 unspecified atom stereocenters. The van der Waals surface area contributed by atoms with Crippen molar-refractivity contribution in [2.45, 2.75) is 5.97 Å². The van der Waals surface area contributed by atoms with Crippen LogP contribution in [0.5, 0.6) is 0 Å². The Morgan fingerprint density at radius 1 is 1.12 bits per heavy atom. The first-order chi connectivity index (χ1) is 7.43. The van der Waals surface area contributed by atoms with Crippen LogP contribution >= 0.6 is 7.82 Å². The summed E-state index contributed by atoms with van der Waals surface area (Å²) in [7, 11) is -2.28. The molecule has 0 fully saturated rings. The highest BCUT2D eigenvalue weighted by molar-refractivity contribution is 7.46. The first-order valence-corrected chi connectivity index (χ1v) is 5.88. The van der Waals surface area contributed by atoms with Crippen molar-refractivity contribution >= 4 is 7.82 Å². The molecule has 1 aromatic rings. The molecule has 90 valence electrons. The SMILES string of the molecule is COC(OC)(OP(=O)(O)O)c1ccccc1. The van der Waals surface area contributed by atoms with Crippen molar-refractivity contribution in [3.05, 3.63) is 35.9 Å². The van der Waals surface area contributed by atoms with Crippen molar-refractivity contribution in [3.8, 4) is 0 Å². The van der Waals surface area contributed by atoms with E-state index in [4.69, 9.17) is 19.3 Å². The fourth-order valence-electron chi connectivity index (χ4n) is 1.25. The molecule has 1 rings (SSSR count). The highest BCUT2D eigenvalue weighted by Crippen LogP contribution is 2.46. The van der Waals surface area contributed by atoms with Gasteiger partial charge >= 0.3 is 13.8 Å². The van der Waals surface area contributed by atoms with Crippen molar-refractivity contribution in [1.29, 1.82) is 0 Å². The van der Waals surface area contributed by atoms with E-state index in [9.17, 15) is 4.57 Å². The summed E-state index contributed by atoms with van der Waals surface area (Å²) in [5.74, 6) is -1.90. The Hall–Kier alpha value is -0.750. The van der Waals surface area contributed by atoms with Gasteiger partial charge in [0.25, 0.3) is 0 Å². The predicted octanol–water partition coefficient (Wildman–Crippen LogP) is 1.20. The summed E-state index contributed by atoms with van der Waals surface area (Å²) in [4.78, 5) is 17.6. The van der Waals surface area contributed by atoms with Crippen LogP contribution in [0.4, 0.5) is 0 Å². The molecule has 0 aromatic heterocycles. The Morgan fingerprint density at radius 2 is 1.62 bits per heavy atom. The lowest BCUT2D eigenvalue weighted by atomic mass is 10.2. The fraction of sp³-hybridized carbons (Fsp3) is 0.333. The number of ether oxygens (including phenoxy) is 2. The molecular weight excluding hydrogens is 235 g/mol. The van der Waals surface area contributed by atoms with E-state index in [0.717, 1.165) is 0 Å². The topological polar surface area (TPSA) is 85.2 Å². The zero-order valence-electron chi connectivity index (χ0n) is 8.86. The standard InChI is InChI=1S/C9H13O6P/c1-13-9(14-2,15-16(10,11)12)8-6-4-3-5-7-8/h3-7H,1-2H3,(H2,10,11,12). The summed E-state index contributed by atoms with van der Waals surface area (Å²) in [5, 5.41) is 0. The van der Waals surface area contributed by atoms with Crippen LogP contribution in [0.15, 0.2) is 30.3 Å². The van der Waals surface area contributed by atoms with Gasteiger partial charge in [0.15, 0.2) is 0 Å². The summed E-state index contributed by atoms with van der Waals surface area (Å²) in [6.45, 7) is 0. The summed E-state index contributed by atoms with van der Waals surface area (Å²) in [5.41, 5.74) is 0.350.